The van der Waals surface area contributed by atoms with E-state index >= 15 is 0 Å². The summed E-state index contributed by atoms with van der Waals surface area (Å²) in [4.78, 5) is 73.0. The number of unbranched alkanes of at least 4 members (excludes halogenated alkanes) is 27. The lowest BCUT2D eigenvalue weighted by molar-refractivity contribution is -0.161. The number of esters is 4. The molecule has 5 atom stereocenters. The smallest absolute Gasteiger partial charge is 0.462 e. The standard InChI is InChI=1S/C85H144O17P2/c1-5-9-13-17-21-25-29-33-35-37-39-41-43-47-49-53-57-61-65-69-82(87)95-75-80(101-84(89)71-67-63-59-55-51-45-31-27-23-19-15-11-7-3)77-99-103(91,92)97-73-79(86)74-98-104(93,94)100-78-81(102-85(90)72-68-64-60-56-52-46-32-28-24-20-16-12-8-4)76-96-83(88)70-66-62-58-54-50-48-44-42-40-38-36-34-30-26-22-18-14-10-6-2/h9-10,13-14,21-22,25-28,31-36,39-42,47,49,79-81,86H,5-8,11-12,15-20,23-24,29-30,37-38,43-46,48,50-78H2,1-4H3,(H,91,92)(H,93,94)/b13-9-,14-10-,25-21-,26-22-,31-27-,32-28-,35-33-,36-34-,41-39-,42-40-,49-47-. The average Bonchev–Trinajstić information content (AvgIpc) is 0.913. The molecule has 0 saturated carbocycles. The van der Waals surface area contributed by atoms with Gasteiger partial charge in [0.25, 0.3) is 0 Å². The molecule has 0 aliphatic carbocycles. The summed E-state index contributed by atoms with van der Waals surface area (Å²) in [5.41, 5.74) is 0. The van der Waals surface area contributed by atoms with Crippen molar-refractivity contribution in [3.8, 4) is 0 Å². The van der Waals surface area contributed by atoms with Gasteiger partial charge >= 0.3 is 39.5 Å². The molecule has 0 bridgehead atoms. The van der Waals surface area contributed by atoms with E-state index < -0.39 is 97.5 Å². The summed E-state index contributed by atoms with van der Waals surface area (Å²) in [5.74, 6) is -2.24. The SMILES string of the molecule is CC/C=C\C/C=C\C/C=C\C/C=C\C/C=C\CCCCCC(=O)OCC(COP(=O)(O)OCC(O)COP(=O)(O)OCC(COC(=O)CCCCCCCC/C=C\C/C=C\C/C=C\C/C=C\CC)OC(=O)CCCCCCC/C=C\CCCCCC)OC(=O)CCCCCCC/C=C\CCCCCC. The van der Waals surface area contributed by atoms with Crippen molar-refractivity contribution in [3.05, 3.63) is 134 Å². The van der Waals surface area contributed by atoms with E-state index in [1.165, 1.54) is 51.4 Å². The molecule has 0 fully saturated rings. The predicted octanol–water partition coefficient (Wildman–Crippen LogP) is 23.7. The van der Waals surface area contributed by atoms with E-state index in [0.717, 1.165) is 193 Å². The summed E-state index contributed by atoms with van der Waals surface area (Å²) in [6.07, 6.45) is 85.7. The number of carbonyl (C=O) groups excluding carboxylic acids is 4. The van der Waals surface area contributed by atoms with Crippen molar-refractivity contribution in [2.24, 2.45) is 0 Å². The van der Waals surface area contributed by atoms with Crippen molar-refractivity contribution in [1.29, 1.82) is 0 Å². The molecule has 0 aromatic rings. The molecule has 0 aliphatic rings. The number of ether oxygens (including phenoxy) is 4. The Morgan fingerprint density at radius 3 is 0.788 bits per heavy atom. The van der Waals surface area contributed by atoms with Crippen LogP contribution in [0.3, 0.4) is 0 Å². The minimum Gasteiger partial charge on any atom is -0.462 e. The minimum atomic E-state index is -4.99. The van der Waals surface area contributed by atoms with Crippen molar-refractivity contribution in [2.45, 2.75) is 341 Å². The van der Waals surface area contributed by atoms with Crippen molar-refractivity contribution in [3.63, 3.8) is 0 Å². The van der Waals surface area contributed by atoms with Crippen LogP contribution in [-0.2, 0) is 65.4 Å². The molecule has 0 aromatic heterocycles. The number of hydrogen-bond donors (Lipinski definition) is 3. The Morgan fingerprint density at radius 2 is 0.500 bits per heavy atom. The fraction of sp³-hybridized carbons (Fsp3) is 0.694. The number of carbonyl (C=O) groups is 4. The Bertz CT molecular complexity index is 2490. The zero-order valence-corrected chi connectivity index (χ0v) is 66.9. The second kappa shape index (κ2) is 76.4. The molecule has 0 aromatic carbocycles. The summed E-state index contributed by atoms with van der Waals surface area (Å²) < 4.78 is 68.6. The van der Waals surface area contributed by atoms with Gasteiger partial charge in [0, 0.05) is 25.7 Å². The third-order valence-electron chi connectivity index (χ3n) is 16.6. The fourth-order valence-electron chi connectivity index (χ4n) is 10.5. The summed E-state index contributed by atoms with van der Waals surface area (Å²) >= 11 is 0. The van der Waals surface area contributed by atoms with Crippen molar-refractivity contribution in [2.75, 3.05) is 39.6 Å². The van der Waals surface area contributed by atoms with Gasteiger partial charge in [-0.05, 0) is 161 Å². The maximum Gasteiger partial charge on any atom is 0.472 e. The van der Waals surface area contributed by atoms with E-state index in [0.29, 0.717) is 25.7 Å². The second-order valence-corrected chi connectivity index (χ2v) is 29.5. The lowest BCUT2D eigenvalue weighted by atomic mass is 10.1. The lowest BCUT2D eigenvalue weighted by Gasteiger charge is -2.21. The second-order valence-electron chi connectivity index (χ2n) is 26.6. The molecule has 596 valence electrons. The molecule has 0 aliphatic heterocycles. The highest BCUT2D eigenvalue weighted by Gasteiger charge is 2.30. The third-order valence-corrected chi connectivity index (χ3v) is 18.5. The highest BCUT2D eigenvalue weighted by molar-refractivity contribution is 7.47. The van der Waals surface area contributed by atoms with Crippen molar-refractivity contribution in [1.82, 2.24) is 0 Å². The topological polar surface area (TPSA) is 237 Å². The van der Waals surface area contributed by atoms with Crippen LogP contribution < -0.4 is 0 Å². The highest BCUT2D eigenvalue weighted by Crippen LogP contribution is 2.45. The van der Waals surface area contributed by atoms with Gasteiger partial charge in [0.2, 0.25) is 0 Å². The van der Waals surface area contributed by atoms with Gasteiger partial charge in [0.1, 0.15) is 19.3 Å². The van der Waals surface area contributed by atoms with E-state index in [4.69, 9.17) is 37.0 Å². The summed E-state index contributed by atoms with van der Waals surface area (Å²) in [7, 11) is -9.98. The monoisotopic (exact) mass is 1500 g/mol. The third kappa shape index (κ3) is 75.4. The lowest BCUT2D eigenvalue weighted by Crippen LogP contribution is -2.30. The van der Waals surface area contributed by atoms with Crippen LogP contribution in [-0.4, -0.2) is 96.7 Å². The van der Waals surface area contributed by atoms with Crippen LogP contribution in [0.15, 0.2) is 134 Å². The Morgan fingerprint density at radius 1 is 0.279 bits per heavy atom. The number of phosphoric ester groups is 2. The number of allylic oxidation sites excluding steroid dienone is 22. The van der Waals surface area contributed by atoms with Crippen molar-refractivity contribution >= 4 is 39.5 Å². The zero-order valence-electron chi connectivity index (χ0n) is 65.2. The number of rotatable bonds is 75. The first-order valence-corrected chi connectivity index (χ1v) is 43.4. The quantitative estimate of drug-likeness (QED) is 0.0169. The number of aliphatic hydroxyl groups is 1. The van der Waals surface area contributed by atoms with Crippen LogP contribution in [0, 0.1) is 0 Å². The normalized spacial score (nSPS) is 14.6. The highest BCUT2D eigenvalue weighted by atomic mass is 31.2. The molecule has 0 amide bonds. The van der Waals surface area contributed by atoms with Gasteiger partial charge in [-0.15, -0.1) is 0 Å². The Kier molecular flexibility index (Phi) is 72.9. The van der Waals surface area contributed by atoms with Gasteiger partial charge in [-0.3, -0.25) is 37.3 Å². The van der Waals surface area contributed by atoms with Gasteiger partial charge in [0.05, 0.1) is 26.4 Å². The zero-order chi connectivity index (χ0) is 76.0. The summed E-state index contributed by atoms with van der Waals surface area (Å²) in [6, 6.07) is 0. The van der Waals surface area contributed by atoms with Crippen molar-refractivity contribution < 1.29 is 80.2 Å². The summed E-state index contributed by atoms with van der Waals surface area (Å²) in [6.45, 7) is 4.56. The van der Waals surface area contributed by atoms with Crippen LogP contribution in [0.4, 0.5) is 0 Å². The van der Waals surface area contributed by atoms with Gasteiger partial charge in [-0.25, -0.2) is 9.13 Å². The average molecular weight is 1500 g/mol. The maximum absolute atomic E-state index is 13.1. The molecule has 0 saturated heterocycles. The van der Waals surface area contributed by atoms with E-state index in [1.807, 2.05) is 0 Å². The van der Waals surface area contributed by atoms with E-state index in [9.17, 15) is 43.2 Å². The van der Waals surface area contributed by atoms with Gasteiger partial charge in [-0.2, -0.15) is 0 Å². The molecule has 3 N–H and O–H groups in total. The first kappa shape index (κ1) is 99.2. The molecule has 19 heteroatoms. The first-order chi connectivity index (χ1) is 50.7. The van der Waals surface area contributed by atoms with E-state index in [1.54, 1.807) is 0 Å². The number of hydrogen-bond acceptors (Lipinski definition) is 15. The van der Waals surface area contributed by atoms with E-state index in [2.05, 4.69) is 161 Å². The number of aliphatic hydroxyl groups excluding tert-OH is 1. The van der Waals surface area contributed by atoms with Gasteiger partial charge < -0.3 is 33.8 Å². The Labute approximate surface area is 631 Å². The molecule has 0 spiro atoms. The van der Waals surface area contributed by atoms with Crippen LogP contribution >= 0.6 is 15.6 Å². The molecular weight excluding hydrogens is 1350 g/mol. The Hall–Kier alpha value is -4.80. The Balaban J connectivity index is 5.37. The number of phosphoric acid groups is 2. The molecule has 104 heavy (non-hydrogen) atoms. The first-order valence-electron chi connectivity index (χ1n) is 40.4. The minimum absolute atomic E-state index is 0.0745. The van der Waals surface area contributed by atoms with E-state index in [-0.39, 0.29) is 25.7 Å². The van der Waals surface area contributed by atoms with Gasteiger partial charge in [-0.1, -0.05) is 271 Å². The molecule has 0 radical (unpaired) electrons. The van der Waals surface area contributed by atoms with Crippen LogP contribution in [0.2, 0.25) is 0 Å². The predicted molar refractivity (Wildman–Crippen MR) is 427 cm³/mol. The summed E-state index contributed by atoms with van der Waals surface area (Å²) in [5, 5.41) is 10.6. The molecule has 0 rings (SSSR count). The molecule has 5 unspecified atom stereocenters. The maximum atomic E-state index is 13.1. The van der Waals surface area contributed by atoms with Crippen LogP contribution in [0.1, 0.15) is 323 Å². The fourth-order valence-corrected chi connectivity index (χ4v) is 12.0. The van der Waals surface area contributed by atoms with Gasteiger partial charge in [0.15, 0.2) is 12.2 Å². The molecule has 17 nitrogen and oxygen atoms in total. The van der Waals surface area contributed by atoms with Crippen LogP contribution in [0.25, 0.3) is 0 Å². The molecule has 0 heterocycles. The largest absolute Gasteiger partial charge is 0.472 e. The molecular formula is C85H144O17P2. The van der Waals surface area contributed by atoms with Crippen LogP contribution in [0.5, 0.6) is 0 Å².